The molecule has 4 heterocycles. The molecule has 0 radical (unpaired) electrons. The number of imidazole rings is 1. The molecule has 134 valence electrons. The molecule has 1 amide bonds. The summed E-state index contributed by atoms with van der Waals surface area (Å²) in [7, 11) is 0. The monoisotopic (exact) mass is 352 g/mol. The van der Waals surface area contributed by atoms with Crippen LogP contribution in [-0.4, -0.2) is 50.6 Å². The highest BCUT2D eigenvalue weighted by atomic mass is 16.5. The molecule has 2 atom stereocenters. The summed E-state index contributed by atoms with van der Waals surface area (Å²) in [5, 5.41) is 6.46. The van der Waals surface area contributed by atoms with Crippen LogP contribution >= 0.6 is 0 Å². The third-order valence-corrected chi connectivity index (χ3v) is 4.46. The van der Waals surface area contributed by atoms with E-state index in [0.29, 0.717) is 30.2 Å². The van der Waals surface area contributed by atoms with Crippen LogP contribution in [0.5, 0.6) is 0 Å². The Kier molecular flexibility index (Phi) is 4.49. The SMILES string of the molecule is Cc1cc(C(=O)N[C@H]2CCOC[C@H]2Nc2ccncn2)c2nccn2c1. The molecule has 0 saturated carbocycles. The van der Waals surface area contributed by atoms with E-state index in [-0.39, 0.29) is 18.0 Å². The first-order valence-electron chi connectivity index (χ1n) is 8.55. The van der Waals surface area contributed by atoms with Crippen LogP contribution in [0, 0.1) is 6.92 Å². The maximum Gasteiger partial charge on any atom is 0.255 e. The smallest absolute Gasteiger partial charge is 0.255 e. The molecule has 1 aliphatic heterocycles. The van der Waals surface area contributed by atoms with Crippen molar-refractivity contribution in [2.45, 2.75) is 25.4 Å². The Morgan fingerprint density at radius 2 is 2.23 bits per heavy atom. The molecule has 3 aromatic rings. The quantitative estimate of drug-likeness (QED) is 0.738. The lowest BCUT2D eigenvalue weighted by Crippen LogP contribution is -2.52. The minimum Gasteiger partial charge on any atom is -0.379 e. The summed E-state index contributed by atoms with van der Waals surface area (Å²) < 4.78 is 7.44. The van der Waals surface area contributed by atoms with Gasteiger partial charge in [0.1, 0.15) is 17.8 Å². The van der Waals surface area contributed by atoms with Gasteiger partial charge < -0.3 is 19.8 Å². The Hall–Kier alpha value is -3.00. The van der Waals surface area contributed by atoms with Gasteiger partial charge in [0, 0.05) is 31.4 Å². The van der Waals surface area contributed by atoms with Gasteiger partial charge in [0.2, 0.25) is 0 Å². The molecule has 1 saturated heterocycles. The zero-order chi connectivity index (χ0) is 17.9. The molecule has 0 aliphatic carbocycles. The van der Waals surface area contributed by atoms with Crippen LogP contribution in [0.4, 0.5) is 5.82 Å². The highest BCUT2D eigenvalue weighted by molar-refractivity contribution is 6.00. The summed E-state index contributed by atoms with van der Waals surface area (Å²) in [5.41, 5.74) is 2.23. The number of hydrogen-bond donors (Lipinski definition) is 2. The average Bonchev–Trinajstić information content (AvgIpc) is 3.11. The van der Waals surface area contributed by atoms with Crippen LogP contribution in [0.25, 0.3) is 5.65 Å². The molecule has 2 N–H and O–H groups in total. The van der Waals surface area contributed by atoms with Crippen molar-refractivity contribution in [3.63, 3.8) is 0 Å². The number of carbonyl (C=O) groups excluding carboxylic acids is 1. The van der Waals surface area contributed by atoms with E-state index in [1.165, 1.54) is 6.33 Å². The highest BCUT2D eigenvalue weighted by Crippen LogP contribution is 2.16. The van der Waals surface area contributed by atoms with Crippen molar-refractivity contribution in [3.8, 4) is 0 Å². The van der Waals surface area contributed by atoms with E-state index in [1.807, 2.05) is 29.8 Å². The largest absolute Gasteiger partial charge is 0.379 e. The fourth-order valence-electron chi connectivity index (χ4n) is 3.21. The fraction of sp³-hybridized carbons (Fsp3) is 0.333. The van der Waals surface area contributed by atoms with E-state index >= 15 is 0 Å². The minimum atomic E-state index is -0.133. The van der Waals surface area contributed by atoms with Gasteiger partial charge in [-0.15, -0.1) is 0 Å². The van der Waals surface area contributed by atoms with Crippen molar-refractivity contribution in [2.75, 3.05) is 18.5 Å². The zero-order valence-corrected chi connectivity index (χ0v) is 14.4. The van der Waals surface area contributed by atoms with E-state index in [9.17, 15) is 4.79 Å². The average molecular weight is 352 g/mol. The van der Waals surface area contributed by atoms with Crippen LogP contribution in [0.15, 0.2) is 43.2 Å². The molecule has 1 aliphatic rings. The normalized spacial score (nSPS) is 20.0. The van der Waals surface area contributed by atoms with E-state index in [4.69, 9.17) is 4.74 Å². The van der Waals surface area contributed by atoms with Crippen molar-refractivity contribution < 1.29 is 9.53 Å². The van der Waals surface area contributed by atoms with Gasteiger partial charge in [0.25, 0.3) is 5.91 Å². The molecule has 0 spiro atoms. The zero-order valence-electron chi connectivity index (χ0n) is 14.4. The van der Waals surface area contributed by atoms with Crippen molar-refractivity contribution in [1.29, 1.82) is 0 Å². The Bertz CT molecular complexity index is 910. The topological polar surface area (TPSA) is 93.4 Å². The Morgan fingerprint density at radius 3 is 3.08 bits per heavy atom. The standard InChI is InChI=1S/C18H20N6O2/c1-12-8-13(17-20-5-6-24(17)9-12)18(25)23-14-3-7-26-10-15(14)22-16-2-4-19-11-21-16/h2,4-6,8-9,11,14-15H,3,7,10H2,1H3,(H,23,25)(H,19,21,22)/t14-,15+/m0/s1. The molecule has 26 heavy (non-hydrogen) atoms. The lowest BCUT2D eigenvalue weighted by atomic mass is 10.0. The number of aromatic nitrogens is 4. The van der Waals surface area contributed by atoms with Gasteiger partial charge in [0.15, 0.2) is 0 Å². The van der Waals surface area contributed by atoms with Crippen LogP contribution in [0.3, 0.4) is 0 Å². The van der Waals surface area contributed by atoms with Gasteiger partial charge >= 0.3 is 0 Å². The predicted octanol–water partition coefficient (Wildman–Crippen LogP) is 1.43. The molecule has 4 rings (SSSR count). The number of amides is 1. The van der Waals surface area contributed by atoms with Crippen LogP contribution in [0.1, 0.15) is 22.3 Å². The molecule has 8 nitrogen and oxygen atoms in total. The second-order valence-electron chi connectivity index (χ2n) is 6.38. The molecular formula is C18H20N6O2. The van der Waals surface area contributed by atoms with Crippen molar-refractivity contribution in [3.05, 3.63) is 54.4 Å². The maximum absolute atomic E-state index is 12.9. The van der Waals surface area contributed by atoms with Crippen LogP contribution in [0.2, 0.25) is 0 Å². The minimum absolute atomic E-state index is 0.0665. The van der Waals surface area contributed by atoms with Gasteiger partial charge in [-0.05, 0) is 31.0 Å². The number of ether oxygens (including phenoxy) is 1. The molecule has 1 fully saturated rings. The van der Waals surface area contributed by atoms with Gasteiger partial charge in [-0.2, -0.15) is 0 Å². The Balaban J connectivity index is 1.54. The lowest BCUT2D eigenvalue weighted by Gasteiger charge is -2.33. The summed E-state index contributed by atoms with van der Waals surface area (Å²) in [6, 6.07) is 3.52. The third kappa shape index (κ3) is 3.36. The number of hydrogen-bond acceptors (Lipinski definition) is 6. The van der Waals surface area contributed by atoms with E-state index in [1.54, 1.807) is 18.5 Å². The highest BCUT2D eigenvalue weighted by Gasteiger charge is 2.28. The first kappa shape index (κ1) is 16.5. The summed E-state index contributed by atoms with van der Waals surface area (Å²) >= 11 is 0. The summed E-state index contributed by atoms with van der Waals surface area (Å²) in [6.45, 7) is 3.07. The van der Waals surface area contributed by atoms with E-state index in [0.717, 1.165) is 12.0 Å². The second kappa shape index (κ2) is 7.09. The Morgan fingerprint density at radius 1 is 1.31 bits per heavy atom. The maximum atomic E-state index is 12.9. The predicted molar refractivity (Wildman–Crippen MR) is 96.1 cm³/mol. The van der Waals surface area contributed by atoms with Gasteiger partial charge in [-0.25, -0.2) is 15.0 Å². The number of fused-ring (bicyclic) bond motifs is 1. The van der Waals surface area contributed by atoms with E-state index in [2.05, 4.69) is 25.6 Å². The number of pyridine rings is 1. The third-order valence-electron chi connectivity index (χ3n) is 4.46. The molecular weight excluding hydrogens is 332 g/mol. The molecule has 3 aromatic heterocycles. The van der Waals surface area contributed by atoms with Gasteiger partial charge in [-0.1, -0.05) is 0 Å². The van der Waals surface area contributed by atoms with Crippen molar-refractivity contribution >= 4 is 17.4 Å². The summed E-state index contributed by atoms with van der Waals surface area (Å²) in [6.07, 6.45) is 9.38. The molecule has 0 unspecified atom stereocenters. The number of nitrogens with one attached hydrogen (secondary N) is 2. The van der Waals surface area contributed by atoms with Crippen LogP contribution in [-0.2, 0) is 4.74 Å². The first-order chi connectivity index (χ1) is 12.7. The number of aryl methyl sites for hydroxylation is 1. The molecule has 0 aromatic carbocycles. The summed E-state index contributed by atoms with van der Waals surface area (Å²) in [4.78, 5) is 25.3. The number of anilines is 1. The molecule has 8 heteroatoms. The fourth-order valence-corrected chi connectivity index (χ4v) is 3.21. The number of rotatable bonds is 4. The Labute approximate surface area is 150 Å². The van der Waals surface area contributed by atoms with E-state index < -0.39 is 0 Å². The second-order valence-corrected chi connectivity index (χ2v) is 6.38. The van der Waals surface area contributed by atoms with Gasteiger partial charge in [-0.3, -0.25) is 4.79 Å². The van der Waals surface area contributed by atoms with Crippen molar-refractivity contribution in [2.24, 2.45) is 0 Å². The number of carbonyl (C=O) groups is 1. The lowest BCUT2D eigenvalue weighted by molar-refractivity contribution is 0.0620. The summed E-state index contributed by atoms with van der Waals surface area (Å²) in [5.74, 6) is 0.576. The van der Waals surface area contributed by atoms with Crippen molar-refractivity contribution in [1.82, 2.24) is 24.7 Å². The first-order valence-corrected chi connectivity index (χ1v) is 8.55. The van der Waals surface area contributed by atoms with Gasteiger partial charge in [0.05, 0.1) is 24.3 Å². The number of nitrogens with zero attached hydrogens (tertiary/aromatic N) is 4. The van der Waals surface area contributed by atoms with Crippen LogP contribution < -0.4 is 10.6 Å². The molecule has 0 bridgehead atoms.